The summed E-state index contributed by atoms with van der Waals surface area (Å²) >= 11 is 0. The third-order valence-electron chi connectivity index (χ3n) is 3.88. The highest BCUT2D eigenvalue weighted by atomic mass is 16.1. The molecule has 1 fully saturated rings. The molecule has 0 aliphatic heterocycles. The molecule has 2 rings (SSSR count). The number of rotatable bonds is 9. The first-order chi connectivity index (χ1) is 10.2. The molecule has 1 aliphatic rings. The zero-order valence-electron chi connectivity index (χ0n) is 13.2. The lowest BCUT2D eigenvalue weighted by Crippen LogP contribution is -2.36. The van der Waals surface area contributed by atoms with Crippen molar-refractivity contribution in [2.45, 2.75) is 39.2 Å². The van der Waals surface area contributed by atoms with Crippen molar-refractivity contribution in [3.05, 3.63) is 29.8 Å². The van der Waals surface area contributed by atoms with Gasteiger partial charge >= 0.3 is 0 Å². The molecule has 0 saturated heterocycles. The SMILES string of the molecule is CCCNc1ccc(C(=O)NCCN(CC)C2CC2)cc1. The van der Waals surface area contributed by atoms with E-state index in [1.54, 1.807) is 0 Å². The van der Waals surface area contributed by atoms with E-state index in [2.05, 4.69) is 29.4 Å². The molecule has 1 aromatic carbocycles. The van der Waals surface area contributed by atoms with Crippen LogP contribution >= 0.6 is 0 Å². The maximum Gasteiger partial charge on any atom is 0.251 e. The topological polar surface area (TPSA) is 44.4 Å². The molecule has 1 amide bonds. The lowest BCUT2D eigenvalue weighted by molar-refractivity contribution is 0.0948. The van der Waals surface area contributed by atoms with Crippen LogP contribution in [0.15, 0.2) is 24.3 Å². The van der Waals surface area contributed by atoms with Gasteiger partial charge in [-0.05, 0) is 50.1 Å². The molecule has 21 heavy (non-hydrogen) atoms. The van der Waals surface area contributed by atoms with Gasteiger partial charge in [0.15, 0.2) is 0 Å². The molecule has 4 nitrogen and oxygen atoms in total. The summed E-state index contributed by atoms with van der Waals surface area (Å²) in [6.45, 7) is 8.01. The molecule has 0 atom stereocenters. The molecule has 0 bridgehead atoms. The average molecular weight is 289 g/mol. The van der Waals surface area contributed by atoms with Gasteiger partial charge in [-0.2, -0.15) is 0 Å². The highest BCUT2D eigenvalue weighted by molar-refractivity contribution is 5.94. The van der Waals surface area contributed by atoms with E-state index in [1.165, 1.54) is 12.8 Å². The lowest BCUT2D eigenvalue weighted by Gasteiger charge is -2.19. The van der Waals surface area contributed by atoms with Crippen LogP contribution in [0.4, 0.5) is 5.69 Å². The predicted octanol–water partition coefficient (Wildman–Crippen LogP) is 2.72. The largest absolute Gasteiger partial charge is 0.385 e. The summed E-state index contributed by atoms with van der Waals surface area (Å²) in [7, 11) is 0. The summed E-state index contributed by atoms with van der Waals surface area (Å²) in [5.41, 5.74) is 1.80. The Labute approximate surface area is 127 Å². The Bertz CT molecular complexity index is 440. The fraction of sp³-hybridized carbons (Fsp3) is 0.588. The molecular weight excluding hydrogens is 262 g/mol. The molecule has 0 radical (unpaired) electrons. The van der Waals surface area contributed by atoms with E-state index in [0.29, 0.717) is 0 Å². The van der Waals surface area contributed by atoms with E-state index in [9.17, 15) is 4.79 Å². The van der Waals surface area contributed by atoms with Crippen molar-refractivity contribution in [1.82, 2.24) is 10.2 Å². The lowest BCUT2D eigenvalue weighted by atomic mass is 10.2. The maximum atomic E-state index is 12.1. The fourth-order valence-electron chi connectivity index (χ4n) is 2.46. The average Bonchev–Trinajstić information content (AvgIpc) is 3.34. The van der Waals surface area contributed by atoms with Crippen molar-refractivity contribution in [2.24, 2.45) is 0 Å². The zero-order chi connectivity index (χ0) is 15.1. The Morgan fingerprint density at radius 2 is 1.90 bits per heavy atom. The summed E-state index contributed by atoms with van der Waals surface area (Å²) in [6.07, 6.45) is 3.72. The van der Waals surface area contributed by atoms with Gasteiger partial charge < -0.3 is 10.6 Å². The molecule has 0 unspecified atom stereocenters. The van der Waals surface area contributed by atoms with Crippen LogP contribution in [0.3, 0.4) is 0 Å². The molecule has 0 aromatic heterocycles. The van der Waals surface area contributed by atoms with Gasteiger partial charge in [-0.15, -0.1) is 0 Å². The fourth-order valence-corrected chi connectivity index (χ4v) is 2.46. The molecule has 0 heterocycles. The van der Waals surface area contributed by atoms with Crippen LogP contribution in [0.2, 0.25) is 0 Å². The molecule has 4 heteroatoms. The summed E-state index contributed by atoms with van der Waals surface area (Å²) in [4.78, 5) is 14.5. The zero-order valence-corrected chi connectivity index (χ0v) is 13.2. The highest BCUT2D eigenvalue weighted by Gasteiger charge is 2.27. The number of hydrogen-bond donors (Lipinski definition) is 2. The van der Waals surface area contributed by atoms with Gasteiger partial charge in [0.25, 0.3) is 5.91 Å². The van der Waals surface area contributed by atoms with E-state index in [-0.39, 0.29) is 5.91 Å². The Morgan fingerprint density at radius 3 is 2.48 bits per heavy atom. The molecule has 1 aromatic rings. The van der Waals surface area contributed by atoms with Crippen LogP contribution in [-0.2, 0) is 0 Å². The van der Waals surface area contributed by atoms with Gasteiger partial charge in [-0.25, -0.2) is 0 Å². The van der Waals surface area contributed by atoms with Gasteiger partial charge in [0.2, 0.25) is 0 Å². The number of likely N-dealkylation sites (N-methyl/N-ethyl adjacent to an activating group) is 1. The molecule has 1 saturated carbocycles. The molecular formula is C17H27N3O. The Morgan fingerprint density at radius 1 is 1.19 bits per heavy atom. The number of anilines is 1. The quantitative estimate of drug-likeness (QED) is 0.734. The monoisotopic (exact) mass is 289 g/mol. The Hall–Kier alpha value is -1.55. The second-order valence-corrected chi connectivity index (χ2v) is 5.62. The predicted molar refractivity (Wildman–Crippen MR) is 87.8 cm³/mol. The highest BCUT2D eigenvalue weighted by Crippen LogP contribution is 2.25. The molecule has 1 aliphatic carbocycles. The van der Waals surface area contributed by atoms with Gasteiger partial charge in [-0.3, -0.25) is 9.69 Å². The van der Waals surface area contributed by atoms with Crippen LogP contribution in [0.5, 0.6) is 0 Å². The third-order valence-corrected chi connectivity index (χ3v) is 3.88. The van der Waals surface area contributed by atoms with E-state index in [1.807, 2.05) is 24.3 Å². The standard InChI is InChI=1S/C17H27N3O/c1-3-11-18-15-7-5-14(6-8-15)17(21)19-12-13-20(4-2)16-9-10-16/h5-8,16,18H,3-4,9-13H2,1-2H3,(H,19,21). The maximum absolute atomic E-state index is 12.1. The van der Waals surface area contributed by atoms with Crippen LogP contribution in [0, 0.1) is 0 Å². The second kappa shape index (κ2) is 8.03. The van der Waals surface area contributed by atoms with Crippen LogP contribution in [-0.4, -0.2) is 43.0 Å². The van der Waals surface area contributed by atoms with E-state index >= 15 is 0 Å². The number of hydrogen-bond acceptors (Lipinski definition) is 3. The molecule has 116 valence electrons. The van der Waals surface area contributed by atoms with Crippen molar-refractivity contribution < 1.29 is 4.79 Å². The van der Waals surface area contributed by atoms with Gasteiger partial charge in [0.05, 0.1) is 0 Å². The number of amides is 1. The number of carbonyl (C=O) groups is 1. The van der Waals surface area contributed by atoms with Crippen molar-refractivity contribution in [2.75, 3.05) is 31.5 Å². The number of nitrogens with zero attached hydrogens (tertiary/aromatic N) is 1. The van der Waals surface area contributed by atoms with Crippen molar-refractivity contribution >= 4 is 11.6 Å². The number of benzene rings is 1. The van der Waals surface area contributed by atoms with Gasteiger partial charge in [0, 0.05) is 36.9 Å². The number of nitrogens with one attached hydrogen (secondary N) is 2. The Kier molecular flexibility index (Phi) is 6.05. The van der Waals surface area contributed by atoms with E-state index in [0.717, 1.165) is 49.9 Å². The van der Waals surface area contributed by atoms with Crippen LogP contribution in [0.1, 0.15) is 43.5 Å². The van der Waals surface area contributed by atoms with Gasteiger partial charge in [-0.1, -0.05) is 13.8 Å². The summed E-state index contributed by atoms with van der Waals surface area (Å²) in [6, 6.07) is 8.45. The molecule has 0 spiro atoms. The van der Waals surface area contributed by atoms with Crippen LogP contribution < -0.4 is 10.6 Å². The van der Waals surface area contributed by atoms with E-state index in [4.69, 9.17) is 0 Å². The summed E-state index contributed by atoms with van der Waals surface area (Å²) < 4.78 is 0. The van der Waals surface area contributed by atoms with E-state index < -0.39 is 0 Å². The first-order valence-electron chi connectivity index (χ1n) is 8.10. The number of carbonyl (C=O) groups excluding carboxylic acids is 1. The van der Waals surface area contributed by atoms with Gasteiger partial charge in [0.1, 0.15) is 0 Å². The minimum atomic E-state index is 0.0175. The smallest absolute Gasteiger partial charge is 0.251 e. The molecule has 2 N–H and O–H groups in total. The first-order valence-corrected chi connectivity index (χ1v) is 8.10. The summed E-state index contributed by atoms with van der Waals surface area (Å²) in [5, 5.41) is 6.32. The first kappa shape index (κ1) is 15.8. The minimum Gasteiger partial charge on any atom is -0.385 e. The second-order valence-electron chi connectivity index (χ2n) is 5.62. The third kappa shape index (κ3) is 5.05. The van der Waals surface area contributed by atoms with Crippen molar-refractivity contribution in [1.29, 1.82) is 0 Å². The van der Waals surface area contributed by atoms with Crippen LogP contribution in [0.25, 0.3) is 0 Å². The van der Waals surface area contributed by atoms with Crippen molar-refractivity contribution in [3.63, 3.8) is 0 Å². The minimum absolute atomic E-state index is 0.0175. The summed E-state index contributed by atoms with van der Waals surface area (Å²) in [5.74, 6) is 0.0175. The normalized spacial score (nSPS) is 14.2. The van der Waals surface area contributed by atoms with Crippen molar-refractivity contribution in [3.8, 4) is 0 Å². The Balaban J connectivity index is 1.74.